The maximum atomic E-state index is 5.58. The molecule has 0 spiro atoms. The first kappa shape index (κ1) is 15.0. The number of ether oxygens (including phenoxy) is 2. The Kier molecular flexibility index (Phi) is 8.26. The summed E-state index contributed by atoms with van der Waals surface area (Å²) < 4.78 is 11.0. The van der Waals surface area contributed by atoms with Crippen molar-refractivity contribution in [1.29, 1.82) is 0 Å². The van der Waals surface area contributed by atoms with E-state index in [1.807, 2.05) is 25.1 Å². The van der Waals surface area contributed by atoms with E-state index in [1.54, 1.807) is 0 Å². The molecule has 0 bridgehead atoms. The van der Waals surface area contributed by atoms with Crippen LogP contribution in [0.1, 0.15) is 32.3 Å². The van der Waals surface area contributed by atoms with E-state index in [9.17, 15) is 0 Å². The highest BCUT2D eigenvalue weighted by Crippen LogP contribution is 2.17. The maximum absolute atomic E-state index is 5.58. The molecule has 0 aliphatic heterocycles. The van der Waals surface area contributed by atoms with Gasteiger partial charge in [-0.25, -0.2) is 0 Å². The minimum atomic E-state index is 0.710. The molecule has 1 rings (SSSR count). The van der Waals surface area contributed by atoms with Gasteiger partial charge in [0.05, 0.1) is 6.61 Å². The molecular formula is C15H25NO2. The van der Waals surface area contributed by atoms with Crippen LogP contribution < -0.4 is 10.1 Å². The summed E-state index contributed by atoms with van der Waals surface area (Å²) in [6.07, 6.45) is 2.14. The van der Waals surface area contributed by atoms with Crippen molar-refractivity contribution in [2.75, 3.05) is 26.4 Å². The molecule has 0 atom stereocenters. The largest absolute Gasteiger partial charge is 0.494 e. The lowest BCUT2D eigenvalue weighted by Crippen LogP contribution is -2.17. The molecule has 0 aliphatic rings. The SMILES string of the molecule is CCCOCCCNCc1ccccc1OCC. The highest BCUT2D eigenvalue weighted by atomic mass is 16.5. The van der Waals surface area contributed by atoms with Crippen molar-refractivity contribution in [3.63, 3.8) is 0 Å². The fourth-order valence-electron chi connectivity index (χ4n) is 1.71. The van der Waals surface area contributed by atoms with E-state index in [4.69, 9.17) is 9.47 Å². The van der Waals surface area contributed by atoms with Crippen molar-refractivity contribution in [2.45, 2.75) is 33.2 Å². The van der Waals surface area contributed by atoms with Crippen LogP contribution in [0.25, 0.3) is 0 Å². The predicted octanol–water partition coefficient (Wildman–Crippen LogP) is 2.99. The number of rotatable bonds is 10. The second-order valence-electron chi connectivity index (χ2n) is 4.18. The topological polar surface area (TPSA) is 30.5 Å². The summed E-state index contributed by atoms with van der Waals surface area (Å²) in [6.45, 7) is 8.38. The van der Waals surface area contributed by atoms with Gasteiger partial charge in [-0.3, -0.25) is 0 Å². The quantitative estimate of drug-likeness (QED) is 0.648. The van der Waals surface area contributed by atoms with Gasteiger partial charge in [0, 0.05) is 25.3 Å². The van der Waals surface area contributed by atoms with Crippen LogP contribution in [0.4, 0.5) is 0 Å². The Morgan fingerprint density at radius 3 is 2.72 bits per heavy atom. The smallest absolute Gasteiger partial charge is 0.123 e. The molecule has 18 heavy (non-hydrogen) atoms. The van der Waals surface area contributed by atoms with Crippen LogP contribution in [0, 0.1) is 0 Å². The lowest BCUT2D eigenvalue weighted by molar-refractivity contribution is 0.132. The minimum absolute atomic E-state index is 0.710. The number of hydrogen-bond donors (Lipinski definition) is 1. The van der Waals surface area contributed by atoms with E-state index >= 15 is 0 Å². The molecule has 0 radical (unpaired) electrons. The summed E-state index contributed by atoms with van der Waals surface area (Å²) in [6, 6.07) is 8.17. The van der Waals surface area contributed by atoms with Gasteiger partial charge in [-0.15, -0.1) is 0 Å². The molecule has 1 aromatic rings. The fraction of sp³-hybridized carbons (Fsp3) is 0.600. The Morgan fingerprint density at radius 1 is 1.11 bits per heavy atom. The molecular weight excluding hydrogens is 226 g/mol. The Labute approximate surface area is 110 Å². The molecule has 1 N–H and O–H groups in total. The first-order valence-electron chi connectivity index (χ1n) is 6.87. The van der Waals surface area contributed by atoms with Gasteiger partial charge >= 0.3 is 0 Å². The van der Waals surface area contributed by atoms with Crippen LogP contribution in [0.5, 0.6) is 5.75 Å². The second-order valence-corrected chi connectivity index (χ2v) is 4.18. The molecule has 0 amide bonds. The number of hydrogen-bond acceptors (Lipinski definition) is 3. The minimum Gasteiger partial charge on any atom is -0.494 e. The molecule has 0 saturated carbocycles. The zero-order valence-corrected chi connectivity index (χ0v) is 11.6. The van der Waals surface area contributed by atoms with Crippen LogP contribution in [-0.2, 0) is 11.3 Å². The number of para-hydroxylation sites is 1. The van der Waals surface area contributed by atoms with E-state index in [1.165, 1.54) is 5.56 Å². The van der Waals surface area contributed by atoms with Crippen molar-refractivity contribution in [3.8, 4) is 5.75 Å². The van der Waals surface area contributed by atoms with Crippen LogP contribution in [0.2, 0.25) is 0 Å². The first-order chi connectivity index (χ1) is 8.88. The van der Waals surface area contributed by atoms with Crippen molar-refractivity contribution in [3.05, 3.63) is 29.8 Å². The fourth-order valence-corrected chi connectivity index (χ4v) is 1.71. The summed E-state index contributed by atoms with van der Waals surface area (Å²) in [4.78, 5) is 0. The van der Waals surface area contributed by atoms with Gasteiger partial charge in [0.1, 0.15) is 5.75 Å². The summed E-state index contributed by atoms with van der Waals surface area (Å²) >= 11 is 0. The second kappa shape index (κ2) is 9.92. The van der Waals surface area contributed by atoms with Crippen molar-refractivity contribution >= 4 is 0 Å². The van der Waals surface area contributed by atoms with Crippen molar-refractivity contribution in [2.24, 2.45) is 0 Å². The normalized spacial score (nSPS) is 10.6. The molecule has 102 valence electrons. The molecule has 0 aromatic heterocycles. The van der Waals surface area contributed by atoms with Gasteiger partial charge in [0.15, 0.2) is 0 Å². The Hall–Kier alpha value is -1.06. The van der Waals surface area contributed by atoms with Crippen molar-refractivity contribution < 1.29 is 9.47 Å². The molecule has 0 unspecified atom stereocenters. The van der Waals surface area contributed by atoms with E-state index in [2.05, 4.69) is 18.3 Å². The summed E-state index contributed by atoms with van der Waals surface area (Å²) in [5.41, 5.74) is 1.22. The van der Waals surface area contributed by atoms with Gasteiger partial charge in [0.25, 0.3) is 0 Å². The molecule has 0 heterocycles. The third-order valence-electron chi connectivity index (χ3n) is 2.58. The van der Waals surface area contributed by atoms with Crippen LogP contribution >= 0.6 is 0 Å². The van der Waals surface area contributed by atoms with Crippen LogP contribution in [0.3, 0.4) is 0 Å². The standard InChI is InChI=1S/C15H25NO2/c1-3-11-17-12-7-10-16-13-14-8-5-6-9-15(14)18-4-2/h5-6,8-9,16H,3-4,7,10-13H2,1-2H3. The van der Waals surface area contributed by atoms with E-state index < -0.39 is 0 Å². The highest BCUT2D eigenvalue weighted by Gasteiger charge is 2.01. The lowest BCUT2D eigenvalue weighted by Gasteiger charge is -2.10. The van der Waals surface area contributed by atoms with Crippen molar-refractivity contribution in [1.82, 2.24) is 5.32 Å². The van der Waals surface area contributed by atoms with Crippen LogP contribution in [0.15, 0.2) is 24.3 Å². The van der Waals surface area contributed by atoms with Gasteiger partial charge in [-0.05, 0) is 32.4 Å². The molecule has 0 fully saturated rings. The lowest BCUT2D eigenvalue weighted by atomic mass is 10.2. The number of benzene rings is 1. The molecule has 1 aromatic carbocycles. The summed E-state index contributed by atoms with van der Waals surface area (Å²) in [7, 11) is 0. The molecule has 3 heteroatoms. The van der Waals surface area contributed by atoms with E-state index in [0.717, 1.165) is 44.9 Å². The zero-order chi connectivity index (χ0) is 13.1. The summed E-state index contributed by atoms with van der Waals surface area (Å²) in [5.74, 6) is 0.981. The van der Waals surface area contributed by atoms with E-state index in [0.29, 0.717) is 6.61 Å². The zero-order valence-electron chi connectivity index (χ0n) is 11.6. The average Bonchev–Trinajstić information content (AvgIpc) is 2.40. The average molecular weight is 251 g/mol. The van der Waals surface area contributed by atoms with Crippen LogP contribution in [-0.4, -0.2) is 26.4 Å². The van der Waals surface area contributed by atoms with Gasteiger partial charge in [-0.1, -0.05) is 25.1 Å². The summed E-state index contributed by atoms with van der Waals surface area (Å²) in [5, 5.41) is 3.42. The van der Waals surface area contributed by atoms with Gasteiger partial charge in [0.2, 0.25) is 0 Å². The molecule has 0 aliphatic carbocycles. The Bertz CT molecular complexity index is 315. The number of nitrogens with one attached hydrogen (secondary N) is 1. The van der Waals surface area contributed by atoms with E-state index in [-0.39, 0.29) is 0 Å². The predicted molar refractivity (Wildman–Crippen MR) is 75.0 cm³/mol. The molecule has 0 saturated heterocycles. The Balaban J connectivity index is 2.18. The maximum Gasteiger partial charge on any atom is 0.123 e. The monoisotopic (exact) mass is 251 g/mol. The Morgan fingerprint density at radius 2 is 1.94 bits per heavy atom. The first-order valence-corrected chi connectivity index (χ1v) is 6.87. The van der Waals surface area contributed by atoms with Gasteiger partial charge in [-0.2, -0.15) is 0 Å². The highest BCUT2D eigenvalue weighted by molar-refractivity contribution is 5.33. The molecule has 3 nitrogen and oxygen atoms in total. The third-order valence-corrected chi connectivity index (χ3v) is 2.58. The third kappa shape index (κ3) is 6.03. The van der Waals surface area contributed by atoms with Gasteiger partial charge < -0.3 is 14.8 Å².